The summed E-state index contributed by atoms with van der Waals surface area (Å²) < 4.78 is 5.09. The number of nitro groups is 1. The molecule has 10 nitrogen and oxygen atoms in total. The zero-order chi connectivity index (χ0) is 20.7. The zero-order valence-electron chi connectivity index (χ0n) is 15.6. The lowest BCUT2D eigenvalue weighted by molar-refractivity contribution is -0.384. The third-order valence-corrected chi connectivity index (χ3v) is 3.64. The van der Waals surface area contributed by atoms with E-state index in [0.29, 0.717) is 0 Å². The fourth-order valence-corrected chi connectivity index (χ4v) is 2.02. The Hall–Kier alpha value is -3.01. The third-order valence-electron chi connectivity index (χ3n) is 3.64. The minimum absolute atomic E-state index is 0.109. The number of nitro benzene ring substituents is 1. The molecule has 0 spiro atoms. The predicted molar refractivity (Wildman–Crippen MR) is 96.8 cm³/mol. The van der Waals surface area contributed by atoms with Gasteiger partial charge in [-0.3, -0.25) is 19.7 Å². The maximum Gasteiger partial charge on any atom is 0.333 e. The summed E-state index contributed by atoms with van der Waals surface area (Å²) >= 11 is 0. The van der Waals surface area contributed by atoms with Crippen LogP contribution < -0.4 is 21.1 Å². The van der Waals surface area contributed by atoms with Crippen molar-refractivity contribution in [1.82, 2.24) is 10.6 Å². The van der Waals surface area contributed by atoms with Gasteiger partial charge in [0, 0.05) is 12.1 Å². The molecule has 2 amide bonds. The SMILES string of the molecule is CC(C)[C@H](NC(=O)[C@H](C)N)C(=O)N[C@@H](C)C(=O)Oc1ccc([N+](=O)[O-])cc1. The van der Waals surface area contributed by atoms with Crippen LogP contribution >= 0.6 is 0 Å². The summed E-state index contributed by atoms with van der Waals surface area (Å²) in [4.78, 5) is 46.3. The topological polar surface area (TPSA) is 154 Å². The summed E-state index contributed by atoms with van der Waals surface area (Å²) in [5.74, 6) is -1.90. The van der Waals surface area contributed by atoms with Gasteiger partial charge in [-0.25, -0.2) is 4.79 Å². The van der Waals surface area contributed by atoms with Gasteiger partial charge >= 0.3 is 5.97 Å². The van der Waals surface area contributed by atoms with E-state index >= 15 is 0 Å². The lowest BCUT2D eigenvalue weighted by Gasteiger charge is -2.24. The number of benzene rings is 1. The van der Waals surface area contributed by atoms with Crippen LogP contribution in [0.3, 0.4) is 0 Å². The molecular weight excluding hydrogens is 356 g/mol. The molecule has 0 unspecified atom stereocenters. The van der Waals surface area contributed by atoms with Gasteiger partial charge in [-0.1, -0.05) is 13.8 Å². The average molecular weight is 380 g/mol. The van der Waals surface area contributed by atoms with Crippen molar-refractivity contribution in [3.05, 3.63) is 34.4 Å². The lowest BCUT2D eigenvalue weighted by atomic mass is 10.0. The molecule has 1 aromatic rings. The molecule has 1 rings (SSSR count). The van der Waals surface area contributed by atoms with Gasteiger partial charge in [0.15, 0.2) is 0 Å². The molecule has 3 atom stereocenters. The van der Waals surface area contributed by atoms with E-state index in [0.717, 1.165) is 0 Å². The Kier molecular flexibility index (Phi) is 7.85. The van der Waals surface area contributed by atoms with Gasteiger partial charge in [0.1, 0.15) is 17.8 Å². The van der Waals surface area contributed by atoms with Crippen LogP contribution in [0.25, 0.3) is 0 Å². The molecule has 0 aromatic heterocycles. The minimum Gasteiger partial charge on any atom is -0.425 e. The van der Waals surface area contributed by atoms with Crippen molar-refractivity contribution in [2.75, 3.05) is 0 Å². The first-order chi connectivity index (χ1) is 12.5. The molecule has 27 heavy (non-hydrogen) atoms. The van der Waals surface area contributed by atoms with Gasteiger partial charge in [-0.15, -0.1) is 0 Å². The Morgan fingerprint density at radius 2 is 1.59 bits per heavy atom. The number of nitrogens with one attached hydrogen (secondary N) is 2. The monoisotopic (exact) mass is 380 g/mol. The first kappa shape index (κ1) is 22.0. The van der Waals surface area contributed by atoms with Crippen LogP contribution in [0.4, 0.5) is 5.69 Å². The molecule has 0 fully saturated rings. The number of carbonyl (C=O) groups is 3. The highest BCUT2D eigenvalue weighted by molar-refractivity contribution is 5.92. The van der Waals surface area contributed by atoms with Crippen molar-refractivity contribution in [2.45, 2.75) is 45.8 Å². The highest BCUT2D eigenvalue weighted by atomic mass is 16.6. The highest BCUT2D eigenvalue weighted by Gasteiger charge is 2.28. The second-order valence-electron chi connectivity index (χ2n) is 6.42. The smallest absolute Gasteiger partial charge is 0.333 e. The number of non-ortho nitro benzene ring substituents is 1. The number of rotatable bonds is 8. The fourth-order valence-electron chi connectivity index (χ4n) is 2.02. The molecule has 148 valence electrons. The summed E-state index contributed by atoms with van der Waals surface area (Å²) in [7, 11) is 0. The summed E-state index contributed by atoms with van der Waals surface area (Å²) in [6.45, 7) is 6.41. The number of amides is 2. The van der Waals surface area contributed by atoms with Crippen molar-refractivity contribution >= 4 is 23.5 Å². The second-order valence-corrected chi connectivity index (χ2v) is 6.42. The molecule has 0 radical (unpaired) electrons. The van der Waals surface area contributed by atoms with E-state index in [1.807, 2.05) is 0 Å². The van der Waals surface area contributed by atoms with Crippen molar-refractivity contribution in [2.24, 2.45) is 11.7 Å². The molecule has 0 bridgehead atoms. The fraction of sp³-hybridized carbons (Fsp3) is 0.471. The zero-order valence-corrected chi connectivity index (χ0v) is 15.6. The van der Waals surface area contributed by atoms with Crippen molar-refractivity contribution in [3.8, 4) is 5.75 Å². The molecule has 0 aliphatic carbocycles. The van der Waals surface area contributed by atoms with E-state index in [1.54, 1.807) is 13.8 Å². The van der Waals surface area contributed by atoms with E-state index in [1.165, 1.54) is 38.1 Å². The predicted octanol–water partition coefficient (Wildman–Crippen LogP) is 0.493. The summed E-state index contributed by atoms with van der Waals surface area (Å²) in [5, 5.41) is 15.6. The molecule has 0 aliphatic heterocycles. The van der Waals surface area contributed by atoms with Crippen LogP contribution in [-0.4, -0.2) is 40.8 Å². The van der Waals surface area contributed by atoms with E-state index in [4.69, 9.17) is 10.5 Å². The maximum atomic E-state index is 12.4. The Bertz CT molecular complexity index is 702. The van der Waals surface area contributed by atoms with Crippen molar-refractivity contribution in [3.63, 3.8) is 0 Å². The van der Waals surface area contributed by atoms with Crippen LogP contribution in [0, 0.1) is 16.0 Å². The molecule has 1 aromatic carbocycles. The average Bonchev–Trinajstić information content (AvgIpc) is 2.59. The van der Waals surface area contributed by atoms with Crippen LogP contribution in [0.15, 0.2) is 24.3 Å². The number of ether oxygens (including phenoxy) is 1. The van der Waals surface area contributed by atoms with Crippen molar-refractivity contribution < 1.29 is 24.0 Å². The Balaban J connectivity index is 2.70. The first-order valence-corrected chi connectivity index (χ1v) is 8.35. The van der Waals surface area contributed by atoms with Gasteiger partial charge in [0.2, 0.25) is 11.8 Å². The second kappa shape index (κ2) is 9.62. The Morgan fingerprint density at radius 3 is 2.04 bits per heavy atom. The van der Waals surface area contributed by atoms with Gasteiger partial charge in [0.05, 0.1) is 11.0 Å². The number of nitrogens with two attached hydrogens (primary N) is 1. The Labute approximate surface area is 156 Å². The maximum absolute atomic E-state index is 12.4. The van der Waals surface area contributed by atoms with Gasteiger partial charge in [0.25, 0.3) is 5.69 Å². The van der Waals surface area contributed by atoms with Crippen LogP contribution in [0.1, 0.15) is 27.7 Å². The molecule has 0 saturated heterocycles. The van der Waals surface area contributed by atoms with E-state index < -0.39 is 40.8 Å². The van der Waals surface area contributed by atoms with Gasteiger partial charge in [-0.05, 0) is 31.9 Å². The number of hydrogen-bond acceptors (Lipinski definition) is 7. The molecule has 0 aliphatic rings. The van der Waals surface area contributed by atoms with E-state index in [-0.39, 0.29) is 17.4 Å². The van der Waals surface area contributed by atoms with Crippen LogP contribution in [-0.2, 0) is 14.4 Å². The largest absolute Gasteiger partial charge is 0.425 e. The minimum atomic E-state index is -0.999. The quantitative estimate of drug-likeness (QED) is 0.257. The highest BCUT2D eigenvalue weighted by Crippen LogP contribution is 2.17. The number of carbonyl (C=O) groups excluding carboxylic acids is 3. The number of nitrogens with zero attached hydrogens (tertiary/aromatic N) is 1. The summed E-state index contributed by atoms with van der Waals surface area (Å²) in [6, 6.07) is 2.33. The number of esters is 1. The lowest BCUT2D eigenvalue weighted by Crippen LogP contribution is -2.55. The number of hydrogen-bond donors (Lipinski definition) is 3. The Morgan fingerprint density at radius 1 is 1.04 bits per heavy atom. The van der Waals surface area contributed by atoms with Crippen LogP contribution in [0.2, 0.25) is 0 Å². The molecular formula is C17H24N4O6. The summed E-state index contributed by atoms with van der Waals surface area (Å²) in [6.07, 6.45) is 0. The standard InChI is InChI=1S/C17H24N4O6/c1-9(2)14(20-15(22)10(3)18)16(23)19-11(4)17(24)27-13-7-5-12(6-8-13)21(25)26/h5-11,14H,18H2,1-4H3,(H,19,23)(H,20,22)/t10-,11-,14-/m0/s1. The molecule has 10 heteroatoms. The third kappa shape index (κ3) is 6.66. The van der Waals surface area contributed by atoms with Crippen LogP contribution in [0.5, 0.6) is 5.75 Å². The normalized spacial score (nSPS) is 14.0. The molecule has 4 N–H and O–H groups in total. The summed E-state index contributed by atoms with van der Waals surface area (Å²) in [5.41, 5.74) is 5.35. The van der Waals surface area contributed by atoms with E-state index in [2.05, 4.69) is 10.6 Å². The van der Waals surface area contributed by atoms with E-state index in [9.17, 15) is 24.5 Å². The molecule has 0 saturated carbocycles. The van der Waals surface area contributed by atoms with Crippen molar-refractivity contribution in [1.29, 1.82) is 0 Å². The van der Waals surface area contributed by atoms with Gasteiger partial charge < -0.3 is 21.1 Å². The first-order valence-electron chi connectivity index (χ1n) is 8.35. The molecule has 0 heterocycles. The van der Waals surface area contributed by atoms with Gasteiger partial charge in [-0.2, -0.15) is 0 Å².